The normalized spacial score (nSPS) is 18.5. The zero-order valence-electron chi connectivity index (χ0n) is 15.3. The van der Waals surface area contributed by atoms with Gasteiger partial charge in [0.25, 0.3) is 11.7 Å². The van der Waals surface area contributed by atoms with E-state index in [1.807, 2.05) is 0 Å². The van der Waals surface area contributed by atoms with Crippen LogP contribution in [0.2, 0.25) is 0 Å². The molecule has 28 heavy (non-hydrogen) atoms. The molecule has 3 rings (SSSR count). The number of Topliss-reactive ketones (excluding diaryl/α,β-unsaturated/α-hetero) is 1. The third-order valence-electron chi connectivity index (χ3n) is 4.66. The topological polar surface area (TPSA) is 87.1 Å². The summed E-state index contributed by atoms with van der Waals surface area (Å²) < 4.78 is 19.6. The fourth-order valence-electron chi connectivity index (χ4n) is 3.28. The van der Waals surface area contributed by atoms with Crippen LogP contribution < -0.4 is 4.74 Å². The van der Waals surface area contributed by atoms with E-state index in [0.717, 1.165) is 0 Å². The van der Waals surface area contributed by atoms with Crippen molar-refractivity contribution in [2.45, 2.75) is 12.5 Å². The number of nitrogens with zero attached hydrogens (tertiary/aromatic N) is 1. The summed E-state index contributed by atoms with van der Waals surface area (Å²) in [5.74, 6) is -2.15. The number of hydrogen-bond donors (Lipinski definition) is 2. The van der Waals surface area contributed by atoms with E-state index in [4.69, 9.17) is 9.84 Å². The summed E-state index contributed by atoms with van der Waals surface area (Å²) in [6.07, 6.45) is 0.223. The predicted octanol–water partition coefficient (Wildman–Crippen LogP) is 2.64. The van der Waals surface area contributed by atoms with E-state index in [2.05, 4.69) is 0 Å². The summed E-state index contributed by atoms with van der Waals surface area (Å²) >= 11 is 0. The molecule has 0 spiro atoms. The van der Waals surface area contributed by atoms with Crippen molar-refractivity contribution in [3.63, 3.8) is 0 Å². The van der Waals surface area contributed by atoms with Gasteiger partial charge in [-0.1, -0.05) is 18.2 Å². The number of rotatable bonds is 6. The van der Waals surface area contributed by atoms with Crippen LogP contribution in [0.3, 0.4) is 0 Å². The molecule has 0 aliphatic carbocycles. The van der Waals surface area contributed by atoms with Gasteiger partial charge in [0.2, 0.25) is 0 Å². The van der Waals surface area contributed by atoms with Crippen molar-refractivity contribution in [2.24, 2.45) is 0 Å². The molecule has 2 aromatic carbocycles. The molecule has 1 amide bonds. The monoisotopic (exact) mass is 385 g/mol. The Bertz CT molecular complexity index is 923. The van der Waals surface area contributed by atoms with E-state index in [1.165, 1.54) is 30.2 Å². The maximum Gasteiger partial charge on any atom is 0.295 e. The molecule has 0 bridgehead atoms. The second-order valence-electron chi connectivity index (χ2n) is 6.32. The molecule has 7 heteroatoms. The molecular weight excluding hydrogens is 365 g/mol. The van der Waals surface area contributed by atoms with E-state index in [0.29, 0.717) is 11.3 Å². The van der Waals surface area contributed by atoms with Crippen molar-refractivity contribution in [1.29, 1.82) is 0 Å². The Hall–Kier alpha value is -3.19. The van der Waals surface area contributed by atoms with Crippen LogP contribution in [0.5, 0.6) is 5.75 Å². The lowest BCUT2D eigenvalue weighted by atomic mass is 9.95. The van der Waals surface area contributed by atoms with E-state index in [-0.39, 0.29) is 36.5 Å². The number of ketones is 1. The van der Waals surface area contributed by atoms with Gasteiger partial charge in [-0.25, -0.2) is 4.39 Å². The number of ether oxygens (including phenoxy) is 1. The van der Waals surface area contributed by atoms with Crippen molar-refractivity contribution < 1.29 is 28.9 Å². The molecule has 146 valence electrons. The van der Waals surface area contributed by atoms with Gasteiger partial charge in [-0.05, 0) is 36.8 Å². The van der Waals surface area contributed by atoms with Crippen molar-refractivity contribution in [2.75, 3.05) is 20.3 Å². The van der Waals surface area contributed by atoms with Gasteiger partial charge >= 0.3 is 0 Å². The first-order chi connectivity index (χ1) is 13.5. The number of hydrogen-bond acceptors (Lipinski definition) is 5. The Morgan fingerprint density at radius 1 is 1.14 bits per heavy atom. The van der Waals surface area contributed by atoms with Gasteiger partial charge in [-0.15, -0.1) is 0 Å². The van der Waals surface area contributed by atoms with Gasteiger partial charge in [0, 0.05) is 24.3 Å². The average molecular weight is 385 g/mol. The molecule has 6 nitrogen and oxygen atoms in total. The minimum Gasteiger partial charge on any atom is -0.507 e. The van der Waals surface area contributed by atoms with Gasteiger partial charge in [0.15, 0.2) is 0 Å². The van der Waals surface area contributed by atoms with Gasteiger partial charge in [0.1, 0.15) is 17.3 Å². The molecule has 2 aromatic rings. The summed E-state index contributed by atoms with van der Waals surface area (Å²) in [6, 6.07) is 11.0. The van der Waals surface area contributed by atoms with Crippen LogP contribution in [-0.2, 0) is 9.59 Å². The SMILES string of the molecule is COc1ccc(C(O)=C2C(=O)C(=O)N(CCCO)C2c2ccccc2F)cc1. The molecule has 2 N–H and O–H groups in total. The number of aliphatic hydroxyl groups excluding tert-OH is 2. The van der Waals surface area contributed by atoms with Crippen LogP contribution in [0.25, 0.3) is 5.76 Å². The second kappa shape index (κ2) is 8.22. The standard InChI is InChI=1S/C21H20FNO5/c1-28-14-9-7-13(8-10-14)19(25)17-18(15-5-2-3-6-16(15)22)23(11-4-12-24)21(27)20(17)26/h2-3,5-10,18,24-25H,4,11-12H2,1H3. The molecule has 0 radical (unpaired) electrons. The fourth-order valence-corrected chi connectivity index (χ4v) is 3.28. The molecular formula is C21H20FNO5. The average Bonchev–Trinajstić information content (AvgIpc) is 2.96. The Kier molecular flexibility index (Phi) is 5.75. The van der Waals surface area contributed by atoms with Crippen molar-refractivity contribution in [3.05, 3.63) is 71.0 Å². The fraction of sp³-hybridized carbons (Fsp3) is 0.238. The number of likely N-dealkylation sites (tertiary alicyclic amines) is 1. The molecule has 1 heterocycles. The summed E-state index contributed by atoms with van der Waals surface area (Å²) in [6.45, 7) is -0.134. The third kappa shape index (κ3) is 3.48. The van der Waals surface area contributed by atoms with E-state index >= 15 is 0 Å². The Morgan fingerprint density at radius 3 is 2.43 bits per heavy atom. The number of aliphatic hydroxyl groups is 2. The number of carbonyl (C=O) groups excluding carboxylic acids is 2. The smallest absolute Gasteiger partial charge is 0.295 e. The summed E-state index contributed by atoms with van der Waals surface area (Å²) in [7, 11) is 1.50. The van der Waals surface area contributed by atoms with Crippen molar-refractivity contribution in [3.8, 4) is 5.75 Å². The molecule has 1 aliphatic rings. The first kappa shape index (κ1) is 19.6. The minimum absolute atomic E-state index is 0.0550. The molecule has 1 unspecified atom stereocenters. The maximum atomic E-state index is 14.5. The van der Waals surface area contributed by atoms with Crippen LogP contribution in [0, 0.1) is 5.82 Å². The number of amides is 1. The molecule has 1 aliphatic heterocycles. The summed E-state index contributed by atoms with van der Waals surface area (Å²) in [4.78, 5) is 26.4. The van der Waals surface area contributed by atoms with Crippen LogP contribution in [0.4, 0.5) is 4.39 Å². The molecule has 0 aromatic heterocycles. The maximum absolute atomic E-state index is 14.5. The van der Waals surface area contributed by atoms with E-state index in [1.54, 1.807) is 30.3 Å². The third-order valence-corrected chi connectivity index (χ3v) is 4.66. The summed E-state index contributed by atoms with van der Waals surface area (Å²) in [5, 5.41) is 19.9. The van der Waals surface area contributed by atoms with Gasteiger partial charge in [-0.3, -0.25) is 9.59 Å². The lowest BCUT2D eigenvalue weighted by molar-refractivity contribution is -0.140. The Labute approximate surface area is 161 Å². The van der Waals surface area contributed by atoms with Crippen LogP contribution >= 0.6 is 0 Å². The highest BCUT2D eigenvalue weighted by Gasteiger charge is 2.46. The van der Waals surface area contributed by atoms with Crippen LogP contribution in [0.1, 0.15) is 23.6 Å². The number of methoxy groups -OCH3 is 1. The highest BCUT2D eigenvalue weighted by molar-refractivity contribution is 6.46. The molecule has 1 atom stereocenters. The van der Waals surface area contributed by atoms with Crippen LogP contribution in [-0.4, -0.2) is 47.1 Å². The molecule has 0 saturated carbocycles. The number of benzene rings is 2. The first-order valence-corrected chi connectivity index (χ1v) is 8.77. The molecule has 1 saturated heterocycles. The highest BCUT2D eigenvalue weighted by atomic mass is 19.1. The quantitative estimate of drug-likeness (QED) is 0.454. The van der Waals surface area contributed by atoms with Crippen LogP contribution in [0.15, 0.2) is 54.1 Å². The number of carbonyl (C=O) groups is 2. The minimum atomic E-state index is -1.07. The Morgan fingerprint density at radius 2 is 1.82 bits per heavy atom. The lowest BCUT2D eigenvalue weighted by Gasteiger charge is -2.25. The second-order valence-corrected chi connectivity index (χ2v) is 6.32. The predicted molar refractivity (Wildman–Crippen MR) is 100 cm³/mol. The number of halogens is 1. The Balaban J connectivity index is 2.16. The molecule has 1 fully saturated rings. The highest BCUT2D eigenvalue weighted by Crippen LogP contribution is 2.40. The van der Waals surface area contributed by atoms with Crippen molar-refractivity contribution in [1.82, 2.24) is 4.90 Å². The van der Waals surface area contributed by atoms with Gasteiger partial charge in [-0.2, -0.15) is 0 Å². The van der Waals surface area contributed by atoms with Gasteiger partial charge in [0.05, 0.1) is 18.7 Å². The summed E-state index contributed by atoms with van der Waals surface area (Å²) in [5.41, 5.74) is 0.232. The first-order valence-electron chi connectivity index (χ1n) is 8.77. The zero-order valence-corrected chi connectivity index (χ0v) is 15.3. The van der Waals surface area contributed by atoms with Gasteiger partial charge < -0.3 is 19.8 Å². The van der Waals surface area contributed by atoms with E-state index < -0.39 is 23.5 Å². The van der Waals surface area contributed by atoms with E-state index in [9.17, 15) is 19.1 Å². The lowest BCUT2D eigenvalue weighted by Crippen LogP contribution is -2.31. The van der Waals surface area contributed by atoms with Crippen molar-refractivity contribution >= 4 is 17.4 Å². The largest absolute Gasteiger partial charge is 0.507 e. The zero-order chi connectivity index (χ0) is 20.3.